The molecule has 2 rings (SSSR count). The molecular weight excluding hydrogens is 194 g/mol. The van der Waals surface area contributed by atoms with Crippen LogP contribution in [0.2, 0.25) is 0 Å². The Labute approximate surface area is 85.7 Å². The first-order valence-corrected chi connectivity index (χ1v) is 4.34. The summed E-state index contributed by atoms with van der Waals surface area (Å²) in [4.78, 5) is 0. The molecule has 2 aromatic carbocycles. The number of phenols is 2. The van der Waals surface area contributed by atoms with Gasteiger partial charge >= 0.3 is 0 Å². The minimum Gasteiger partial charge on any atom is -0.508 e. The molecule has 0 fully saturated rings. The van der Waals surface area contributed by atoms with Crippen molar-refractivity contribution >= 4 is 17.0 Å². The largest absolute Gasteiger partial charge is 0.508 e. The van der Waals surface area contributed by atoms with Crippen molar-refractivity contribution < 1.29 is 15.4 Å². The minimum absolute atomic E-state index is 0.0333. The molecule has 3 N–H and O–H groups in total. The van der Waals surface area contributed by atoms with Gasteiger partial charge in [0.15, 0.2) is 0 Å². The van der Waals surface area contributed by atoms with Gasteiger partial charge in [-0.2, -0.15) is 0 Å². The molecule has 4 heteroatoms. The highest BCUT2D eigenvalue weighted by atomic mass is 16.4. The summed E-state index contributed by atoms with van der Waals surface area (Å²) < 4.78 is 0. The molecule has 0 aliphatic carbocycles. The fourth-order valence-electron chi connectivity index (χ4n) is 1.52. The molecule has 0 bridgehead atoms. The van der Waals surface area contributed by atoms with Crippen molar-refractivity contribution in [3.8, 4) is 11.5 Å². The standard InChI is InChI=1S/C11H9NO3/c13-8-2-3-9-7(5-8)1-4-11(14)10(9)6-12-15/h1-6,13-15H. The van der Waals surface area contributed by atoms with Crippen LogP contribution in [0.15, 0.2) is 35.5 Å². The third-order valence-electron chi connectivity index (χ3n) is 2.21. The summed E-state index contributed by atoms with van der Waals surface area (Å²) in [5.74, 6) is 0.186. The first-order chi connectivity index (χ1) is 7.22. The van der Waals surface area contributed by atoms with Crippen molar-refractivity contribution in [2.75, 3.05) is 0 Å². The van der Waals surface area contributed by atoms with Gasteiger partial charge in [-0.1, -0.05) is 11.2 Å². The number of hydrogen-bond donors (Lipinski definition) is 3. The van der Waals surface area contributed by atoms with E-state index in [1.54, 1.807) is 18.2 Å². The van der Waals surface area contributed by atoms with Crippen LogP contribution >= 0.6 is 0 Å². The van der Waals surface area contributed by atoms with E-state index in [0.717, 1.165) is 11.6 Å². The van der Waals surface area contributed by atoms with E-state index < -0.39 is 0 Å². The second-order valence-corrected chi connectivity index (χ2v) is 3.15. The molecule has 0 atom stereocenters. The summed E-state index contributed by atoms with van der Waals surface area (Å²) in [5, 5.41) is 31.7. The molecule has 0 spiro atoms. The Kier molecular flexibility index (Phi) is 2.17. The normalized spacial score (nSPS) is 11.2. The highest BCUT2D eigenvalue weighted by Gasteiger charge is 2.05. The zero-order chi connectivity index (χ0) is 10.8. The summed E-state index contributed by atoms with van der Waals surface area (Å²) in [5.41, 5.74) is 0.426. The van der Waals surface area contributed by atoms with Gasteiger partial charge in [0.05, 0.1) is 6.21 Å². The average molecular weight is 203 g/mol. The number of benzene rings is 2. The lowest BCUT2D eigenvalue weighted by atomic mass is 10.0. The minimum atomic E-state index is 0.0333. The van der Waals surface area contributed by atoms with Crippen LogP contribution in [0.25, 0.3) is 10.8 Å². The van der Waals surface area contributed by atoms with Crippen LogP contribution < -0.4 is 0 Å². The highest BCUT2D eigenvalue weighted by molar-refractivity contribution is 6.02. The van der Waals surface area contributed by atoms with E-state index in [9.17, 15) is 10.2 Å². The fraction of sp³-hybridized carbons (Fsp3) is 0. The van der Waals surface area contributed by atoms with E-state index in [0.29, 0.717) is 10.9 Å². The zero-order valence-corrected chi connectivity index (χ0v) is 7.75. The molecule has 0 saturated heterocycles. The maximum Gasteiger partial charge on any atom is 0.125 e. The molecule has 2 aromatic rings. The van der Waals surface area contributed by atoms with Crippen molar-refractivity contribution in [3.63, 3.8) is 0 Å². The van der Waals surface area contributed by atoms with E-state index in [1.165, 1.54) is 12.1 Å². The fourth-order valence-corrected chi connectivity index (χ4v) is 1.52. The van der Waals surface area contributed by atoms with E-state index in [2.05, 4.69) is 5.16 Å². The van der Waals surface area contributed by atoms with Gasteiger partial charge in [-0.15, -0.1) is 0 Å². The average Bonchev–Trinajstić information content (AvgIpc) is 2.22. The third-order valence-corrected chi connectivity index (χ3v) is 2.21. The van der Waals surface area contributed by atoms with Gasteiger partial charge in [0.25, 0.3) is 0 Å². The van der Waals surface area contributed by atoms with Crippen molar-refractivity contribution in [2.45, 2.75) is 0 Å². The molecule has 0 saturated carbocycles. The number of aromatic hydroxyl groups is 2. The first kappa shape index (κ1) is 9.33. The predicted molar refractivity (Wildman–Crippen MR) is 56.7 cm³/mol. The summed E-state index contributed by atoms with van der Waals surface area (Å²) in [6, 6.07) is 7.90. The molecule has 76 valence electrons. The molecule has 0 aliphatic rings. The molecule has 0 aromatic heterocycles. The van der Waals surface area contributed by atoms with Gasteiger partial charge in [0.2, 0.25) is 0 Å². The number of phenolic OH excluding ortho intramolecular Hbond substituents is 2. The lowest BCUT2D eigenvalue weighted by molar-refractivity contribution is 0.321. The van der Waals surface area contributed by atoms with Gasteiger partial charge in [-0.25, -0.2) is 0 Å². The smallest absolute Gasteiger partial charge is 0.125 e. The molecule has 0 heterocycles. The predicted octanol–water partition coefficient (Wildman–Crippen LogP) is 2.06. The maximum atomic E-state index is 9.54. The highest BCUT2D eigenvalue weighted by Crippen LogP contribution is 2.28. The van der Waals surface area contributed by atoms with E-state index in [1.807, 2.05) is 0 Å². The Bertz CT molecular complexity index is 535. The van der Waals surface area contributed by atoms with Crippen molar-refractivity contribution in [1.82, 2.24) is 0 Å². The molecule has 0 radical (unpaired) electrons. The molecule has 0 aliphatic heterocycles. The monoisotopic (exact) mass is 203 g/mol. The number of nitrogens with zero attached hydrogens (tertiary/aromatic N) is 1. The SMILES string of the molecule is ON=Cc1c(O)ccc2cc(O)ccc12. The summed E-state index contributed by atoms with van der Waals surface area (Å²) >= 11 is 0. The van der Waals surface area contributed by atoms with Crippen LogP contribution in [0.3, 0.4) is 0 Å². The molecule has 15 heavy (non-hydrogen) atoms. The second kappa shape index (κ2) is 3.49. The Morgan fingerprint density at radius 3 is 2.60 bits per heavy atom. The Morgan fingerprint density at radius 2 is 1.87 bits per heavy atom. The van der Waals surface area contributed by atoms with Gasteiger partial charge < -0.3 is 15.4 Å². The lowest BCUT2D eigenvalue weighted by Crippen LogP contribution is -1.85. The lowest BCUT2D eigenvalue weighted by Gasteiger charge is -2.04. The van der Waals surface area contributed by atoms with Gasteiger partial charge in [-0.3, -0.25) is 0 Å². The van der Waals surface area contributed by atoms with Gasteiger partial charge in [0, 0.05) is 5.56 Å². The number of oxime groups is 1. The summed E-state index contributed by atoms with van der Waals surface area (Å²) in [6.07, 6.45) is 1.16. The van der Waals surface area contributed by atoms with Crippen LogP contribution in [0.5, 0.6) is 11.5 Å². The Morgan fingerprint density at radius 1 is 1.07 bits per heavy atom. The summed E-state index contributed by atoms with van der Waals surface area (Å²) in [7, 11) is 0. The van der Waals surface area contributed by atoms with E-state index in [-0.39, 0.29) is 11.5 Å². The topological polar surface area (TPSA) is 73.1 Å². The van der Waals surface area contributed by atoms with Crippen molar-refractivity contribution in [1.29, 1.82) is 0 Å². The molecule has 0 unspecified atom stereocenters. The number of hydrogen-bond acceptors (Lipinski definition) is 4. The quantitative estimate of drug-likeness (QED) is 0.377. The summed E-state index contributed by atoms with van der Waals surface area (Å²) in [6.45, 7) is 0. The molecule has 0 amide bonds. The third kappa shape index (κ3) is 1.57. The van der Waals surface area contributed by atoms with Crippen LogP contribution in [0.1, 0.15) is 5.56 Å². The Hall–Kier alpha value is -2.23. The Balaban J connectivity index is 2.81. The van der Waals surface area contributed by atoms with Crippen LogP contribution in [0, 0.1) is 0 Å². The van der Waals surface area contributed by atoms with E-state index in [4.69, 9.17) is 5.21 Å². The van der Waals surface area contributed by atoms with Crippen LogP contribution in [-0.4, -0.2) is 21.6 Å². The van der Waals surface area contributed by atoms with Crippen LogP contribution in [0.4, 0.5) is 0 Å². The number of fused-ring (bicyclic) bond motifs is 1. The first-order valence-electron chi connectivity index (χ1n) is 4.34. The molecular formula is C11H9NO3. The molecule has 4 nitrogen and oxygen atoms in total. The number of rotatable bonds is 1. The van der Waals surface area contributed by atoms with Gasteiger partial charge in [0.1, 0.15) is 11.5 Å². The van der Waals surface area contributed by atoms with Crippen LogP contribution in [-0.2, 0) is 0 Å². The zero-order valence-electron chi connectivity index (χ0n) is 7.75. The maximum absolute atomic E-state index is 9.54. The second-order valence-electron chi connectivity index (χ2n) is 3.15. The van der Waals surface area contributed by atoms with Crippen molar-refractivity contribution in [2.24, 2.45) is 5.16 Å². The van der Waals surface area contributed by atoms with E-state index >= 15 is 0 Å². The van der Waals surface area contributed by atoms with Gasteiger partial charge in [-0.05, 0) is 35.0 Å². The van der Waals surface area contributed by atoms with Crippen molar-refractivity contribution in [3.05, 3.63) is 35.9 Å².